The van der Waals surface area contributed by atoms with Crippen molar-refractivity contribution in [2.75, 3.05) is 6.54 Å². The lowest BCUT2D eigenvalue weighted by Crippen LogP contribution is -2.42. The first-order chi connectivity index (χ1) is 7.09. The predicted octanol–water partition coefficient (Wildman–Crippen LogP) is 2.52. The molecule has 0 spiro atoms. The molecule has 0 radical (unpaired) electrons. The van der Waals surface area contributed by atoms with Crippen molar-refractivity contribution in [3.8, 4) is 0 Å². The standard InChI is InChI=1S/C12H24N2O/c1-9(2)10(3)8-13-12(15)14-11-6-4-5-7-11/h9-11H,4-8H2,1-3H3,(H2,13,14,15). The maximum atomic E-state index is 11.5. The molecule has 1 fully saturated rings. The maximum absolute atomic E-state index is 11.5. The Kier molecular flexibility index (Phi) is 4.92. The van der Waals surface area contributed by atoms with Crippen LogP contribution in [0.4, 0.5) is 4.79 Å². The fraction of sp³-hybridized carbons (Fsp3) is 0.917. The van der Waals surface area contributed by atoms with Crippen molar-refractivity contribution in [3.05, 3.63) is 0 Å². The minimum absolute atomic E-state index is 0.00870. The Morgan fingerprint density at radius 2 is 1.87 bits per heavy atom. The van der Waals surface area contributed by atoms with Gasteiger partial charge in [-0.2, -0.15) is 0 Å². The van der Waals surface area contributed by atoms with Gasteiger partial charge in [-0.3, -0.25) is 0 Å². The Morgan fingerprint density at radius 3 is 2.40 bits per heavy atom. The zero-order chi connectivity index (χ0) is 11.3. The van der Waals surface area contributed by atoms with Crippen molar-refractivity contribution in [2.45, 2.75) is 52.5 Å². The smallest absolute Gasteiger partial charge is 0.315 e. The lowest BCUT2D eigenvalue weighted by molar-refractivity contribution is 0.233. The monoisotopic (exact) mass is 212 g/mol. The van der Waals surface area contributed by atoms with E-state index in [2.05, 4.69) is 31.4 Å². The van der Waals surface area contributed by atoms with Crippen molar-refractivity contribution >= 4 is 6.03 Å². The fourth-order valence-corrected chi connectivity index (χ4v) is 1.80. The van der Waals surface area contributed by atoms with Crippen LogP contribution in [0.3, 0.4) is 0 Å². The van der Waals surface area contributed by atoms with Gasteiger partial charge in [-0.05, 0) is 24.7 Å². The average molecular weight is 212 g/mol. The molecule has 15 heavy (non-hydrogen) atoms. The average Bonchev–Trinajstić information content (AvgIpc) is 2.66. The van der Waals surface area contributed by atoms with E-state index in [1.807, 2.05) is 0 Å². The third-order valence-corrected chi connectivity index (χ3v) is 3.41. The molecule has 3 nitrogen and oxygen atoms in total. The highest BCUT2D eigenvalue weighted by Gasteiger charge is 2.17. The molecule has 1 aliphatic carbocycles. The van der Waals surface area contributed by atoms with Crippen LogP contribution in [-0.4, -0.2) is 18.6 Å². The Labute approximate surface area is 93.0 Å². The molecule has 1 aliphatic rings. The molecule has 2 amide bonds. The largest absolute Gasteiger partial charge is 0.338 e. The van der Waals surface area contributed by atoms with E-state index in [1.54, 1.807) is 0 Å². The normalized spacial score (nSPS) is 19.2. The number of nitrogens with one attached hydrogen (secondary N) is 2. The summed E-state index contributed by atoms with van der Waals surface area (Å²) in [6.45, 7) is 7.30. The zero-order valence-corrected chi connectivity index (χ0v) is 10.2. The van der Waals surface area contributed by atoms with Gasteiger partial charge in [0.05, 0.1) is 0 Å². The topological polar surface area (TPSA) is 41.1 Å². The zero-order valence-electron chi connectivity index (χ0n) is 10.2. The third-order valence-electron chi connectivity index (χ3n) is 3.41. The Balaban J connectivity index is 2.12. The maximum Gasteiger partial charge on any atom is 0.315 e. The van der Waals surface area contributed by atoms with Crippen molar-refractivity contribution < 1.29 is 4.79 Å². The summed E-state index contributed by atoms with van der Waals surface area (Å²) in [6, 6.07) is 0.425. The number of rotatable bonds is 4. The van der Waals surface area contributed by atoms with E-state index >= 15 is 0 Å². The molecule has 2 N–H and O–H groups in total. The molecule has 0 heterocycles. The van der Waals surface area contributed by atoms with Gasteiger partial charge in [0.1, 0.15) is 0 Å². The Bertz CT molecular complexity index is 198. The first kappa shape index (κ1) is 12.3. The molecule has 1 unspecified atom stereocenters. The molecule has 1 atom stereocenters. The van der Waals surface area contributed by atoms with Crippen molar-refractivity contribution in [1.29, 1.82) is 0 Å². The van der Waals surface area contributed by atoms with Gasteiger partial charge in [-0.15, -0.1) is 0 Å². The van der Waals surface area contributed by atoms with Crippen LogP contribution < -0.4 is 10.6 Å². The van der Waals surface area contributed by atoms with E-state index in [4.69, 9.17) is 0 Å². The second-order valence-electron chi connectivity index (χ2n) is 5.06. The molecule has 3 heteroatoms. The molecule has 0 aromatic heterocycles. The van der Waals surface area contributed by atoms with E-state index in [0.717, 1.165) is 19.4 Å². The van der Waals surface area contributed by atoms with Crippen LogP contribution in [-0.2, 0) is 0 Å². The van der Waals surface area contributed by atoms with Gasteiger partial charge in [0.25, 0.3) is 0 Å². The highest BCUT2D eigenvalue weighted by molar-refractivity contribution is 5.74. The molecule has 0 saturated heterocycles. The van der Waals surface area contributed by atoms with Crippen LogP contribution in [0.5, 0.6) is 0 Å². The van der Waals surface area contributed by atoms with Crippen LogP contribution in [0.1, 0.15) is 46.5 Å². The molecule has 0 bridgehead atoms. The van der Waals surface area contributed by atoms with E-state index in [1.165, 1.54) is 12.8 Å². The number of hydrogen-bond donors (Lipinski definition) is 2. The van der Waals surface area contributed by atoms with Crippen LogP contribution in [0.25, 0.3) is 0 Å². The van der Waals surface area contributed by atoms with Crippen LogP contribution >= 0.6 is 0 Å². The highest BCUT2D eigenvalue weighted by atomic mass is 16.2. The highest BCUT2D eigenvalue weighted by Crippen LogP contribution is 2.17. The summed E-state index contributed by atoms with van der Waals surface area (Å²) in [5.41, 5.74) is 0. The second-order valence-corrected chi connectivity index (χ2v) is 5.06. The van der Waals surface area contributed by atoms with Gasteiger partial charge in [0.15, 0.2) is 0 Å². The summed E-state index contributed by atoms with van der Waals surface area (Å²) < 4.78 is 0. The predicted molar refractivity (Wildman–Crippen MR) is 62.8 cm³/mol. The minimum atomic E-state index is 0.00870. The van der Waals surface area contributed by atoms with Gasteiger partial charge >= 0.3 is 6.03 Å². The molecule has 0 aromatic rings. The third kappa shape index (κ3) is 4.54. The number of amides is 2. The van der Waals surface area contributed by atoms with Gasteiger partial charge < -0.3 is 10.6 Å². The minimum Gasteiger partial charge on any atom is -0.338 e. The summed E-state index contributed by atoms with van der Waals surface area (Å²) in [4.78, 5) is 11.5. The fourth-order valence-electron chi connectivity index (χ4n) is 1.80. The van der Waals surface area contributed by atoms with E-state index in [-0.39, 0.29) is 6.03 Å². The van der Waals surface area contributed by atoms with Crippen LogP contribution in [0.15, 0.2) is 0 Å². The first-order valence-corrected chi connectivity index (χ1v) is 6.14. The lowest BCUT2D eigenvalue weighted by atomic mass is 9.98. The molecule has 1 rings (SSSR count). The Morgan fingerprint density at radius 1 is 1.27 bits per heavy atom. The molecule has 0 aromatic carbocycles. The van der Waals surface area contributed by atoms with Gasteiger partial charge in [-0.25, -0.2) is 4.79 Å². The molecule has 1 saturated carbocycles. The van der Waals surface area contributed by atoms with Gasteiger partial charge in [0.2, 0.25) is 0 Å². The van der Waals surface area contributed by atoms with E-state index < -0.39 is 0 Å². The first-order valence-electron chi connectivity index (χ1n) is 6.14. The SMILES string of the molecule is CC(C)C(C)CNC(=O)NC1CCCC1. The number of hydrogen-bond acceptors (Lipinski definition) is 1. The van der Waals surface area contributed by atoms with Crippen molar-refractivity contribution in [2.24, 2.45) is 11.8 Å². The summed E-state index contributed by atoms with van der Waals surface area (Å²) >= 11 is 0. The molecular weight excluding hydrogens is 188 g/mol. The van der Waals surface area contributed by atoms with Crippen LogP contribution in [0, 0.1) is 11.8 Å². The Hall–Kier alpha value is -0.730. The van der Waals surface area contributed by atoms with Crippen LogP contribution in [0.2, 0.25) is 0 Å². The molecular formula is C12H24N2O. The number of urea groups is 1. The summed E-state index contributed by atoms with van der Waals surface area (Å²) in [5, 5.41) is 5.96. The van der Waals surface area contributed by atoms with Gasteiger partial charge in [0, 0.05) is 12.6 Å². The quantitative estimate of drug-likeness (QED) is 0.738. The number of carbonyl (C=O) groups excluding carboxylic acids is 1. The summed E-state index contributed by atoms with van der Waals surface area (Å²) in [5.74, 6) is 1.16. The van der Waals surface area contributed by atoms with Gasteiger partial charge in [-0.1, -0.05) is 33.6 Å². The van der Waals surface area contributed by atoms with Crippen molar-refractivity contribution in [1.82, 2.24) is 10.6 Å². The number of carbonyl (C=O) groups is 1. The summed E-state index contributed by atoms with van der Waals surface area (Å²) in [6.07, 6.45) is 4.81. The molecule has 0 aliphatic heterocycles. The lowest BCUT2D eigenvalue weighted by Gasteiger charge is -2.18. The summed E-state index contributed by atoms with van der Waals surface area (Å²) in [7, 11) is 0. The van der Waals surface area contributed by atoms with E-state index in [9.17, 15) is 4.79 Å². The second kappa shape index (κ2) is 5.99. The van der Waals surface area contributed by atoms with E-state index in [0.29, 0.717) is 17.9 Å². The molecule has 88 valence electrons. The van der Waals surface area contributed by atoms with Crippen molar-refractivity contribution in [3.63, 3.8) is 0 Å².